The van der Waals surface area contributed by atoms with Gasteiger partial charge in [-0.25, -0.2) is 21.8 Å². The second kappa shape index (κ2) is 30.5. The average Bonchev–Trinajstić information content (AvgIpc) is 1.63. The van der Waals surface area contributed by atoms with Crippen molar-refractivity contribution in [3.8, 4) is 10.4 Å². The number of benzene rings is 2. The Hall–Kier alpha value is -7.06. The van der Waals surface area contributed by atoms with Crippen molar-refractivity contribution in [2.45, 2.75) is 158 Å². The molecule has 464 valence electrons. The maximum Gasteiger partial charge on any atom is 0.269 e. The quantitative estimate of drug-likeness (QED) is 0.0353. The van der Waals surface area contributed by atoms with E-state index in [1.54, 1.807) is 43.6 Å². The predicted molar refractivity (Wildman–Crippen MR) is 326 cm³/mol. The second-order valence-electron chi connectivity index (χ2n) is 21.7. The monoisotopic (exact) mass is 1250 g/mol. The number of likely N-dealkylation sites (tertiary alicyclic amines) is 2. The number of hydrogen-bond donors (Lipinski definition) is 6. The summed E-state index contributed by atoms with van der Waals surface area (Å²) in [6.07, 6.45) is 6.89. The van der Waals surface area contributed by atoms with Gasteiger partial charge in [0.25, 0.3) is 12.2 Å². The highest BCUT2D eigenvalue weighted by Gasteiger charge is 2.36. The largest absolute Gasteiger partial charge is 0.397 e. The van der Waals surface area contributed by atoms with Crippen LogP contribution >= 0.6 is 11.3 Å². The Kier molecular flexibility index (Phi) is 23.6. The lowest BCUT2D eigenvalue weighted by Crippen LogP contribution is -2.50. The first kappa shape index (κ1) is 66.5. The summed E-state index contributed by atoms with van der Waals surface area (Å²) >= 11 is 1.40. The van der Waals surface area contributed by atoms with Crippen LogP contribution in [0.4, 0.5) is 40.4 Å². The molecule has 18 nitrogen and oxygen atoms in total. The number of hydrogen-bond acceptors (Lipinski definition) is 13. The summed E-state index contributed by atoms with van der Waals surface area (Å²) in [7, 11) is -8.62. The number of nitrogens with zero attached hydrogens (tertiary/aromatic N) is 4. The molecule has 0 radical (unpaired) electrons. The number of carbonyl (C=O) groups is 4. The lowest BCUT2D eigenvalue weighted by Gasteiger charge is -2.32. The Labute approximate surface area is 504 Å². The smallest absolute Gasteiger partial charge is 0.269 e. The molecule has 0 bridgehead atoms. The Balaban J connectivity index is 0.000000246. The van der Waals surface area contributed by atoms with E-state index in [0.29, 0.717) is 42.8 Å². The fourth-order valence-electron chi connectivity index (χ4n) is 11.1. The SMILES string of the molecule is CCC(=O)Nc1c(-c2cccs2)cccc1S(=O)(=O)N[C@@H](CCCc1ncc(N)cc1C)C(=O)N1CCC(=C(F)F)CC1.CCc1cc(N)ncc1CCC[C@H](NS(=O)(=O)c1cccc(C2CCCC2)c1NC(C)=O)C(=O)N1CCC(=C(F)F)CC1. The van der Waals surface area contributed by atoms with Crippen LogP contribution in [-0.4, -0.2) is 98.5 Å². The highest BCUT2D eigenvalue weighted by Crippen LogP contribution is 2.41. The number of piperidine rings is 2. The minimum Gasteiger partial charge on any atom is -0.397 e. The van der Waals surface area contributed by atoms with Crippen LogP contribution in [0, 0.1) is 6.92 Å². The highest BCUT2D eigenvalue weighted by atomic mass is 32.2. The normalized spacial score (nSPS) is 15.6. The second-order valence-corrected chi connectivity index (χ2v) is 26.0. The van der Waals surface area contributed by atoms with Gasteiger partial charge in [-0.2, -0.15) is 27.0 Å². The van der Waals surface area contributed by atoms with Crippen molar-refractivity contribution < 1.29 is 53.6 Å². The number of nitrogens with two attached hydrogens (primary N) is 2. The van der Waals surface area contributed by atoms with E-state index < -0.39 is 62.0 Å². The number of aryl methyl sites for hydroxylation is 4. The van der Waals surface area contributed by atoms with Crippen LogP contribution in [0.3, 0.4) is 0 Å². The number of pyridine rings is 2. The molecule has 8 rings (SSSR count). The topological polar surface area (TPSA) is 269 Å². The van der Waals surface area contributed by atoms with E-state index in [4.69, 9.17) is 11.5 Å². The molecular formula is C61H76F4N10O8S3. The number of nitrogen functional groups attached to an aromatic ring is 2. The molecule has 4 amide bonds. The van der Waals surface area contributed by atoms with Gasteiger partial charge in [-0.05, 0) is 165 Å². The summed E-state index contributed by atoms with van der Waals surface area (Å²) in [5.74, 6) is -1.16. The van der Waals surface area contributed by atoms with Gasteiger partial charge in [-0.1, -0.05) is 57.0 Å². The molecule has 86 heavy (non-hydrogen) atoms. The Morgan fingerprint density at radius 2 is 1.26 bits per heavy atom. The fourth-order valence-corrected chi connectivity index (χ4v) is 14.7. The van der Waals surface area contributed by atoms with Gasteiger partial charge in [0.2, 0.25) is 43.7 Å². The molecule has 2 saturated heterocycles. The molecule has 0 spiro atoms. The zero-order chi connectivity index (χ0) is 62.3. The van der Waals surface area contributed by atoms with Crippen LogP contribution in [-0.2, 0) is 58.5 Å². The summed E-state index contributed by atoms with van der Waals surface area (Å²) in [5.41, 5.74) is 17.5. The third-order valence-electron chi connectivity index (χ3n) is 15.8. The van der Waals surface area contributed by atoms with Gasteiger partial charge in [-0.15, -0.1) is 11.3 Å². The first-order valence-corrected chi connectivity index (χ1v) is 32.8. The zero-order valence-corrected chi connectivity index (χ0v) is 51.3. The third kappa shape index (κ3) is 17.6. The molecule has 8 N–H and O–H groups in total. The predicted octanol–water partition coefficient (Wildman–Crippen LogP) is 10.8. The maximum atomic E-state index is 13.9. The van der Waals surface area contributed by atoms with E-state index in [1.807, 2.05) is 43.5 Å². The van der Waals surface area contributed by atoms with Crippen molar-refractivity contribution in [1.29, 1.82) is 0 Å². The molecule has 5 heterocycles. The number of carbonyl (C=O) groups excluding carboxylic acids is 4. The Bertz CT molecular complexity index is 3520. The first-order chi connectivity index (χ1) is 41.0. The molecule has 25 heteroatoms. The number of anilines is 4. The van der Waals surface area contributed by atoms with Crippen LogP contribution in [0.15, 0.2) is 112 Å². The minimum absolute atomic E-state index is 0.00720. The van der Waals surface area contributed by atoms with Gasteiger partial charge in [-0.3, -0.25) is 24.2 Å². The van der Waals surface area contributed by atoms with E-state index >= 15 is 0 Å². The van der Waals surface area contributed by atoms with E-state index in [-0.39, 0.29) is 115 Å². The maximum absolute atomic E-state index is 13.9. The molecule has 2 atom stereocenters. The lowest BCUT2D eigenvalue weighted by molar-refractivity contribution is -0.134. The summed E-state index contributed by atoms with van der Waals surface area (Å²) < 4.78 is 114. The Morgan fingerprint density at radius 3 is 1.77 bits per heavy atom. The van der Waals surface area contributed by atoms with Crippen LogP contribution in [0.1, 0.15) is 138 Å². The van der Waals surface area contributed by atoms with Crippen molar-refractivity contribution in [2.75, 3.05) is 48.3 Å². The third-order valence-corrected chi connectivity index (χ3v) is 19.7. The van der Waals surface area contributed by atoms with Crippen LogP contribution in [0.2, 0.25) is 0 Å². The summed E-state index contributed by atoms with van der Waals surface area (Å²) in [6, 6.07) is 14.6. The van der Waals surface area contributed by atoms with Gasteiger partial charge in [0.05, 0.1) is 23.3 Å². The molecule has 5 aromatic rings. The number of nitrogens with one attached hydrogen (secondary N) is 4. The number of para-hydroxylation sites is 2. The molecule has 2 aliphatic heterocycles. The van der Waals surface area contributed by atoms with Gasteiger partial charge in [0.15, 0.2) is 0 Å². The van der Waals surface area contributed by atoms with Crippen molar-refractivity contribution in [3.63, 3.8) is 0 Å². The highest BCUT2D eigenvalue weighted by molar-refractivity contribution is 7.90. The number of thiophene rings is 1. The summed E-state index contributed by atoms with van der Waals surface area (Å²) in [5, 5.41) is 7.33. The Morgan fingerprint density at radius 1 is 0.698 bits per heavy atom. The van der Waals surface area contributed by atoms with Gasteiger partial charge < -0.3 is 31.9 Å². The molecule has 3 aliphatic rings. The minimum atomic E-state index is -4.34. The van der Waals surface area contributed by atoms with E-state index in [9.17, 15) is 53.6 Å². The number of amides is 4. The lowest BCUT2D eigenvalue weighted by atomic mass is 9.96. The summed E-state index contributed by atoms with van der Waals surface area (Å²) in [4.78, 5) is 64.0. The zero-order valence-electron chi connectivity index (χ0n) is 48.8. The van der Waals surface area contributed by atoms with Crippen molar-refractivity contribution in [3.05, 3.63) is 130 Å². The van der Waals surface area contributed by atoms with Crippen LogP contribution < -0.4 is 31.5 Å². The summed E-state index contributed by atoms with van der Waals surface area (Å²) in [6.45, 7) is 7.17. The van der Waals surface area contributed by atoms with Crippen molar-refractivity contribution in [2.24, 2.45) is 0 Å². The molecule has 0 unspecified atom stereocenters. The van der Waals surface area contributed by atoms with E-state index in [1.165, 1.54) is 40.2 Å². The number of halogens is 4. The van der Waals surface area contributed by atoms with Gasteiger partial charge >= 0.3 is 0 Å². The first-order valence-electron chi connectivity index (χ1n) is 29.0. The van der Waals surface area contributed by atoms with E-state index in [2.05, 4.69) is 30.0 Å². The standard InChI is InChI=1S/C31H41F2N5O4S.C30H35F2N5O4S2/c1-3-21-18-28(34)35-19-24(21)10-6-12-26(31(40)38-16-14-23(15-17-38)30(32)33)37-43(41,42)27-13-7-11-25(22-8-4-5-9-22)29(27)36-20(2)39;1-3-27(38)35-28-22(25-10-6-16-42-25)7-4-11-26(28)43(40,41)36-24(9-5-8-23-19(2)17-21(33)18-34-23)30(39)37-14-12-20(13-15-37)29(31)32/h7,11,13,18-19,22,26,37H,3-6,8-10,12,14-17H2,1-2H3,(H2,34,35)(H,36,39);4,6-7,10-11,16-18,24,36H,3,5,8-9,12-15,33H2,1-2H3,(H,35,38)/t26-;24-/m00/s1. The average molecular weight is 1250 g/mol. The van der Waals surface area contributed by atoms with Crippen LogP contribution in [0.5, 0.6) is 0 Å². The number of aromatic nitrogens is 2. The molecular weight excluding hydrogens is 1170 g/mol. The van der Waals surface area contributed by atoms with Crippen molar-refractivity contribution >= 4 is 77.9 Å². The molecule has 1 aliphatic carbocycles. The molecule has 1 saturated carbocycles. The molecule has 3 fully saturated rings. The van der Waals surface area contributed by atoms with Gasteiger partial charge in [0.1, 0.15) is 27.7 Å². The fraction of sp³-hybridized carbons (Fsp3) is 0.443. The number of sulfonamides is 2. The molecule has 2 aromatic carbocycles. The van der Waals surface area contributed by atoms with Crippen LogP contribution in [0.25, 0.3) is 10.4 Å². The van der Waals surface area contributed by atoms with E-state index in [0.717, 1.165) is 64.9 Å². The number of rotatable bonds is 22. The molecule has 3 aromatic heterocycles. The van der Waals surface area contributed by atoms with Gasteiger partial charge in [0, 0.05) is 61.9 Å². The van der Waals surface area contributed by atoms with Crippen molar-refractivity contribution in [1.82, 2.24) is 29.2 Å².